The maximum absolute atomic E-state index is 12.2. The van der Waals surface area contributed by atoms with Crippen LogP contribution in [0.3, 0.4) is 0 Å². The topological polar surface area (TPSA) is 67.6 Å². The summed E-state index contributed by atoms with van der Waals surface area (Å²) in [5, 5.41) is 3.43. The maximum Gasteiger partial charge on any atom is 0.238 e. The summed E-state index contributed by atoms with van der Waals surface area (Å²) in [6, 6.07) is 5.40. The Morgan fingerprint density at radius 2 is 2.18 bits per heavy atom. The number of likely N-dealkylation sites (tertiary alicyclic amines) is 1. The van der Waals surface area contributed by atoms with Gasteiger partial charge < -0.3 is 15.8 Å². The van der Waals surface area contributed by atoms with Gasteiger partial charge in [-0.2, -0.15) is 0 Å². The molecular formula is C16H24ClN3O2. The number of rotatable bonds is 5. The molecule has 3 N–H and O–H groups in total. The summed E-state index contributed by atoms with van der Waals surface area (Å²) in [7, 11) is 1.57. The highest BCUT2D eigenvalue weighted by molar-refractivity contribution is 6.31. The number of ether oxygens (including phenoxy) is 1. The molecule has 0 aromatic heterocycles. The molecule has 1 atom stereocenters. The Morgan fingerprint density at radius 1 is 1.50 bits per heavy atom. The molecule has 1 aliphatic heterocycles. The number of carbonyl (C=O) groups is 1. The Hall–Kier alpha value is -1.30. The number of anilines is 1. The molecule has 0 spiro atoms. The van der Waals surface area contributed by atoms with Crippen molar-refractivity contribution in [1.82, 2.24) is 4.90 Å². The third kappa shape index (κ3) is 4.60. The number of hydrogen-bond donors (Lipinski definition) is 2. The maximum atomic E-state index is 12.2. The molecule has 1 aromatic rings. The van der Waals surface area contributed by atoms with Crippen LogP contribution in [0.4, 0.5) is 5.69 Å². The van der Waals surface area contributed by atoms with Crippen LogP contribution < -0.4 is 15.8 Å². The molecule has 0 radical (unpaired) electrons. The third-order valence-electron chi connectivity index (χ3n) is 4.18. The smallest absolute Gasteiger partial charge is 0.238 e. The number of amides is 1. The summed E-state index contributed by atoms with van der Waals surface area (Å²) in [6.45, 7) is 4.25. The molecule has 2 rings (SSSR count). The van der Waals surface area contributed by atoms with Crippen molar-refractivity contribution in [3.05, 3.63) is 23.2 Å². The van der Waals surface area contributed by atoms with Crippen LogP contribution in [0.1, 0.15) is 19.8 Å². The van der Waals surface area contributed by atoms with Crippen LogP contribution in [0.5, 0.6) is 5.75 Å². The predicted molar refractivity (Wildman–Crippen MR) is 89.4 cm³/mol. The number of benzene rings is 1. The second-order valence-corrected chi connectivity index (χ2v) is 6.30. The fraction of sp³-hybridized carbons (Fsp3) is 0.562. The molecule has 0 aliphatic carbocycles. The van der Waals surface area contributed by atoms with Gasteiger partial charge in [-0.25, -0.2) is 0 Å². The minimum absolute atomic E-state index is 0.0557. The van der Waals surface area contributed by atoms with E-state index in [9.17, 15) is 4.79 Å². The molecule has 1 amide bonds. The first kappa shape index (κ1) is 17.1. The van der Waals surface area contributed by atoms with Crippen LogP contribution in [0.15, 0.2) is 18.2 Å². The lowest BCUT2D eigenvalue weighted by atomic mass is 9.91. The molecule has 1 heterocycles. The zero-order chi connectivity index (χ0) is 16.1. The summed E-state index contributed by atoms with van der Waals surface area (Å²) in [4.78, 5) is 14.4. The average Bonchev–Trinajstić information content (AvgIpc) is 2.48. The molecule has 1 fully saturated rings. The van der Waals surface area contributed by atoms with Gasteiger partial charge in [0.25, 0.3) is 0 Å². The van der Waals surface area contributed by atoms with E-state index >= 15 is 0 Å². The Bertz CT molecular complexity index is 514. The van der Waals surface area contributed by atoms with E-state index in [1.807, 2.05) is 0 Å². The normalized spacial score (nSPS) is 18.0. The van der Waals surface area contributed by atoms with Crippen LogP contribution in [-0.2, 0) is 4.79 Å². The standard InChI is InChI=1S/C16H24ClN3O2/c1-11(18)12-5-7-20(8-6-12)10-16(21)19-14-9-13(17)3-4-15(14)22-2/h3-4,9,11-12H,5-8,10,18H2,1-2H3,(H,19,21). The number of piperidine rings is 1. The summed E-state index contributed by atoms with van der Waals surface area (Å²) in [6.07, 6.45) is 2.09. The Kier molecular flexibility index (Phi) is 6.06. The van der Waals surface area contributed by atoms with Gasteiger partial charge in [0.2, 0.25) is 5.91 Å². The van der Waals surface area contributed by atoms with Gasteiger partial charge in [0, 0.05) is 11.1 Å². The number of nitrogens with one attached hydrogen (secondary N) is 1. The first-order valence-electron chi connectivity index (χ1n) is 7.61. The lowest BCUT2D eigenvalue weighted by molar-refractivity contribution is -0.117. The van der Waals surface area contributed by atoms with E-state index in [1.54, 1.807) is 25.3 Å². The van der Waals surface area contributed by atoms with Crippen molar-refractivity contribution in [2.24, 2.45) is 11.7 Å². The number of hydrogen-bond acceptors (Lipinski definition) is 4. The van der Waals surface area contributed by atoms with Gasteiger partial charge >= 0.3 is 0 Å². The molecule has 1 saturated heterocycles. The lowest BCUT2D eigenvalue weighted by Gasteiger charge is -2.33. The predicted octanol–water partition coefficient (Wildman–Crippen LogP) is 2.35. The van der Waals surface area contributed by atoms with E-state index < -0.39 is 0 Å². The zero-order valence-corrected chi connectivity index (χ0v) is 13.9. The van der Waals surface area contributed by atoms with Gasteiger partial charge in [-0.15, -0.1) is 0 Å². The van der Waals surface area contributed by atoms with Crippen molar-refractivity contribution < 1.29 is 9.53 Å². The van der Waals surface area contributed by atoms with Gasteiger partial charge in [0.15, 0.2) is 0 Å². The molecule has 6 heteroatoms. The molecular weight excluding hydrogens is 302 g/mol. The number of halogens is 1. The number of nitrogens with zero attached hydrogens (tertiary/aromatic N) is 1. The van der Waals surface area contributed by atoms with Crippen molar-refractivity contribution in [3.63, 3.8) is 0 Å². The van der Waals surface area contributed by atoms with Crippen LogP contribution in [0.2, 0.25) is 5.02 Å². The zero-order valence-electron chi connectivity index (χ0n) is 13.1. The van der Waals surface area contributed by atoms with E-state index in [0.717, 1.165) is 25.9 Å². The van der Waals surface area contributed by atoms with E-state index in [-0.39, 0.29) is 11.9 Å². The Balaban J connectivity index is 1.87. The molecule has 0 saturated carbocycles. The van der Waals surface area contributed by atoms with Crippen molar-refractivity contribution in [2.75, 3.05) is 32.1 Å². The monoisotopic (exact) mass is 325 g/mol. The van der Waals surface area contributed by atoms with Crippen LogP contribution >= 0.6 is 11.6 Å². The minimum Gasteiger partial charge on any atom is -0.495 e. The molecule has 1 aromatic carbocycles. The first-order chi connectivity index (χ1) is 10.5. The highest BCUT2D eigenvalue weighted by Gasteiger charge is 2.23. The van der Waals surface area contributed by atoms with Gasteiger partial charge in [0.05, 0.1) is 19.3 Å². The molecule has 1 unspecified atom stereocenters. The fourth-order valence-electron chi connectivity index (χ4n) is 2.81. The molecule has 22 heavy (non-hydrogen) atoms. The third-order valence-corrected chi connectivity index (χ3v) is 4.41. The van der Waals surface area contributed by atoms with E-state index in [1.165, 1.54) is 0 Å². The van der Waals surface area contributed by atoms with Gasteiger partial charge in [-0.1, -0.05) is 11.6 Å². The molecule has 0 bridgehead atoms. The first-order valence-corrected chi connectivity index (χ1v) is 7.98. The fourth-order valence-corrected chi connectivity index (χ4v) is 2.98. The van der Waals surface area contributed by atoms with Gasteiger partial charge in [-0.3, -0.25) is 9.69 Å². The van der Waals surface area contributed by atoms with Crippen molar-refractivity contribution >= 4 is 23.2 Å². The van der Waals surface area contributed by atoms with Crippen LogP contribution in [0.25, 0.3) is 0 Å². The summed E-state index contributed by atoms with van der Waals surface area (Å²) in [5.74, 6) is 1.11. The average molecular weight is 326 g/mol. The van der Waals surface area contributed by atoms with E-state index in [2.05, 4.69) is 17.1 Å². The summed E-state index contributed by atoms with van der Waals surface area (Å²) in [5.41, 5.74) is 6.54. The second kappa shape index (κ2) is 7.81. The van der Waals surface area contributed by atoms with Crippen LogP contribution in [0, 0.1) is 5.92 Å². The minimum atomic E-state index is -0.0557. The van der Waals surface area contributed by atoms with Gasteiger partial charge in [-0.05, 0) is 57.0 Å². The van der Waals surface area contributed by atoms with Crippen molar-refractivity contribution in [1.29, 1.82) is 0 Å². The Labute approximate surface area is 136 Å². The SMILES string of the molecule is COc1ccc(Cl)cc1NC(=O)CN1CCC(C(C)N)CC1. The molecule has 122 valence electrons. The van der Waals surface area contributed by atoms with Crippen LogP contribution in [-0.4, -0.2) is 43.6 Å². The van der Waals surface area contributed by atoms with E-state index in [4.69, 9.17) is 22.1 Å². The Morgan fingerprint density at radius 3 is 2.77 bits per heavy atom. The summed E-state index contributed by atoms with van der Waals surface area (Å²) >= 11 is 5.97. The number of carbonyl (C=O) groups excluding carboxylic acids is 1. The molecule has 5 nitrogen and oxygen atoms in total. The largest absolute Gasteiger partial charge is 0.495 e. The second-order valence-electron chi connectivity index (χ2n) is 5.87. The summed E-state index contributed by atoms with van der Waals surface area (Å²) < 4.78 is 5.23. The molecule has 1 aliphatic rings. The lowest BCUT2D eigenvalue weighted by Crippen LogP contribution is -2.42. The van der Waals surface area contributed by atoms with E-state index in [0.29, 0.717) is 28.9 Å². The number of methoxy groups -OCH3 is 1. The highest BCUT2D eigenvalue weighted by atomic mass is 35.5. The highest BCUT2D eigenvalue weighted by Crippen LogP contribution is 2.27. The van der Waals surface area contributed by atoms with Crippen molar-refractivity contribution in [3.8, 4) is 5.75 Å². The van der Waals surface area contributed by atoms with Crippen molar-refractivity contribution in [2.45, 2.75) is 25.8 Å². The quantitative estimate of drug-likeness (QED) is 0.872. The van der Waals surface area contributed by atoms with Gasteiger partial charge in [0.1, 0.15) is 5.75 Å². The number of nitrogens with two attached hydrogens (primary N) is 1.